The van der Waals surface area contributed by atoms with E-state index in [1.54, 1.807) is 36.4 Å². The molecule has 33 heavy (non-hydrogen) atoms. The number of imide groups is 1. The Morgan fingerprint density at radius 1 is 0.909 bits per heavy atom. The molecule has 0 spiro atoms. The number of hydrogen-bond donors (Lipinski definition) is 2. The van der Waals surface area contributed by atoms with Crippen LogP contribution in [0.25, 0.3) is 11.6 Å². The van der Waals surface area contributed by atoms with E-state index in [2.05, 4.69) is 5.32 Å². The highest BCUT2D eigenvalue weighted by Crippen LogP contribution is 2.26. The quantitative estimate of drug-likeness (QED) is 0.381. The Balaban J connectivity index is 1.65. The summed E-state index contributed by atoms with van der Waals surface area (Å²) < 4.78 is 18.9. The van der Waals surface area contributed by atoms with E-state index in [-0.39, 0.29) is 23.8 Å². The summed E-state index contributed by atoms with van der Waals surface area (Å²) in [5, 5.41) is 11.8. The van der Waals surface area contributed by atoms with Crippen molar-refractivity contribution in [1.29, 1.82) is 0 Å². The summed E-state index contributed by atoms with van der Waals surface area (Å²) in [5.74, 6) is -1.08. The Morgan fingerprint density at radius 3 is 2.03 bits per heavy atom. The fourth-order valence-corrected chi connectivity index (χ4v) is 3.07. The summed E-state index contributed by atoms with van der Waals surface area (Å²) in [5.41, 5.74) is 2.06. The van der Waals surface area contributed by atoms with E-state index in [0.717, 1.165) is 5.56 Å². The summed E-state index contributed by atoms with van der Waals surface area (Å²) >= 11 is 0. The lowest BCUT2D eigenvalue weighted by atomic mass is 10.0. The number of carboxylic acids is 1. The van der Waals surface area contributed by atoms with Gasteiger partial charge in [-0.2, -0.15) is 0 Å². The lowest BCUT2D eigenvalue weighted by molar-refractivity contribution is -0.131. The summed E-state index contributed by atoms with van der Waals surface area (Å²) in [6, 6.07) is 19.4. The maximum atomic E-state index is 13.1. The molecule has 6 nitrogen and oxygen atoms in total. The Labute approximate surface area is 190 Å². The SMILES string of the molecule is CC(=O)NC(=O)CCc1ccc(Oc2ccc(C(=Cc3ccc(F)cc3)C(=O)O)cc2)cc1. The molecule has 0 aliphatic rings. The molecule has 0 saturated heterocycles. The largest absolute Gasteiger partial charge is 0.478 e. The van der Waals surface area contributed by atoms with E-state index in [9.17, 15) is 23.9 Å². The number of halogens is 1. The van der Waals surface area contributed by atoms with Gasteiger partial charge in [-0.15, -0.1) is 0 Å². The van der Waals surface area contributed by atoms with Crippen molar-refractivity contribution in [3.63, 3.8) is 0 Å². The normalized spacial score (nSPS) is 11.0. The molecule has 0 aromatic heterocycles. The Kier molecular flexibility index (Phi) is 7.70. The van der Waals surface area contributed by atoms with Crippen molar-refractivity contribution in [2.75, 3.05) is 0 Å². The smallest absolute Gasteiger partial charge is 0.336 e. The van der Waals surface area contributed by atoms with Gasteiger partial charge in [-0.1, -0.05) is 36.4 Å². The Hall–Kier alpha value is -4.26. The van der Waals surface area contributed by atoms with Crippen molar-refractivity contribution in [1.82, 2.24) is 5.32 Å². The van der Waals surface area contributed by atoms with Gasteiger partial charge in [-0.3, -0.25) is 14.9 Å². The number of aliphatic carboxylic acids is 1. The average Bonchev–Trinajstić information content (AvgIpc) is 2.78. The molecule has 0 unspecified atom stereocenters. The summed E-state index contributed by atoms with van der Waals surface area (Å²) in [7, 11) is 0. The van der Waals surface area contributed by atoms with Crippen LogP contribution in [0.4, 0.5) is 4.39 Å². The first-order valence-corrected chi connectivity index (χ1v) is 10.2. The second kappa shape index (κ2) is 10.9. The predicted octanol–water partition coefficient (Wildman–Crippen LogP) is 4.84. The highest BCUT2D eigenvalue weighted by Gasteiger charge is 2.11. The molecule has 7 heteroatoms. The second-order valence-electron chi connectivity index (χ2n) is 7.29. The Morgan fingerprint density at radius 2 is 1.48 bits per heavy atom. The first kappa shape index (κ1) is 23.4. The number of aryl methyl sites for hydroxylation is 1. The minimum atomic E-state index is -1.10. The minimum absolute atomic E-state index is 0.0753. The number of nitrogens with one attached hydrogen (secondary N) is 1. The molecular formula is C26H22FNO5. The third kappa shape index (κ3) is 7.14. The van der Waals surface area contributed by atoms with Crippen molar-refractivity contribution >= 4 is 29.4 Å². The van der Waals surface area contributed by atoms with E-state index >= 15 is 0 Å². The highest BCUT2D eigenvalue weighted by molar-refractivity contribution is 6.20. The molecule has 3 aromatic carbocycles. The van der Waals surface area contributed by atoms with Crippen LogP contribution in [-0.2, 0) is 20.8 Å². The Bertz CT molecular complexity index is 1170. The van der Waals surface area contributed by atoms with Gasteiger partial charge in [0.2, 0.25) is 11.8 Å². The number of carboxylic acid groups (broad SMARTS) is 1. The van der Waals surface area contributed by atoms with Crippen LogP contribution in [0, 0.1) is 5.82 Å². The molecule has 0 heterocycles. The minimum Gasteiger partial charge on any atom is -0.478 e. The molecule has 2 amide bonds. The lowest BCUT2D eigenvalue weighted by Crippen LogP contribution is -2.27. The molecule has 0 radical (unpaired) electrons. The zero-order valence-electron chi connectivity index (χ0n) is 17.9. The van der Waals surface area contributed by atoms with Crippen molar-refractivity contribution in [3.8, 4) is 11.5 Å². The predicted molar refractivity (Wildman–Crippen MR) is 122 cm³/mol. The van der Waals surface area contributed by atoms with Crippen molar-refractivity contribution < 1.29 is 28.6 Å². The first-order chi connectivity index (χ1) is 15.8. The monoisotopic (exact) mass is 447 g/mol. The molecule has 3 aromatic rings. The van der Waals surface area contributed by atoms with Gasteiger partial charge in [0.15, 0.2) is 0 Å². The summed E-state index contributed by atoms with van der Waals surface area (Å²) in [6.45, 7) is 1.29. The molecule has 0 saturated carbocycles. The van der Waals surface area contributed by atoms with E-state index < -0.39 is 11.8 Å². The van der Waals surface area contributed by atoms with Gasteiger partial charge in [0.1, 0.15) is 17.3 Å². The topological polar surface area (TPSA) is 92.7 Å². The molecule has 0 atom stereocenters. The summed E-state index contributed by atoms with van der Waals surface area (Å²) in [4.78, 5) is 34.1. The van der Waals surface area contributed by atoms with Gasteiger partial charge in [-0.05, 0) is 65.6 Å². The molecule has 0 aliphatic heterocycles. The maximum Gasteiger partial charge on any atom is 0.336 e. The number of hydrogen-bond acceptors (Lipinski definition) is 4. The molecule has 0 bridgehead atoms. The van der Waals surface area contributed by atoms with Gasteiger partial charge < -0.3 is 9.84 Å². The van der Waals surface area contributed by atoms with Crippen molar-refractivity contribution in [3.05, 3.63) is 95.3 Å². The number of ether oxygens (including phenoxy) is 1. The zero-order chi connectivity index (χ0) is 23.8. The van der Waals surface area contributed by atoms with Crippen LogP contribution in [-0.4, -0.2) is 22.9 Å². The van der Waals surface area contributed by atoms with E-state index in [1.165, 1.54) is 37.3 Å². The number of carbonyl (C=O) groups is 3. The maximum absolute atomic E-state index is 13.1. The van der Waals surface area contributed by atoms with E-state index in [4.69, 9.17) is 4.74 Å². The first-order valence-electron chi connectivity index (χ1n) is 10.2. The summed E-state index contributed by atoms with van der Waals surface area (Å²) in [6.07, 6.45) is 2.18. The van der Waals surface area contributed by atoms with Crippen LogP contribution < -0.4 is 10.1 Å². The van der Waals surface area contributed by atoms with Gasteiger partial charge in [0.05, 0.1) is 5.57 Å². The average molecular weight is 447 g/mol. The number of benzene rings is 3. The number of carbonyl (C=O) groups excluding carboxylic acids is 2. The molecule has 0 aliphatic carbocycles. The van der Waals surface area contributed by atoms with Gasteiger partial charge in [0, 0.05) is 13.3 Å². The van der Waals surface area contributed by atoms with Crippen LogP contribution in [0.15, 0.2) is 72.8 Å². The molecule has 2 N–H and O–H groups in total. The van der Waals surface area contributed by atoms with Crippen molar-refractivity contribution in [2.24, 2.45) is 0 Å². The lowest BCUT2D eigenvalue weighted by Gasteiger charge is -2.09. The van der Waals surface area contributed by atoms with Crippen LogP contribution >= 0.6 is 0 Å². The van der Waals surface area contributed by atoms with Gasteiger partial charge >= 0.3 is 5.97 Å². The van der Waals surface area contributed by atoms with Gasteiger partial charge in [-0.25, -0.2) is 9.18 Å². The van der Waals surface area contributed by atoms with Crippen LogP contribution in [0.2, 0.25) is 0 Å². The van der Waals surface area contributed by atoms with Crippen LogP contribution in [0.1, 0.15) is 30.0 Å². The zero-order valence-corrected chi connectivity index (χ0v) is 17.9. The number of rotatable bonds is 8. The van der Waals surface area contributed by atoms with Crippen LogP contribution in [0.5, 0.6) is 11.5 Å². The standard InChI is InChI=1S/C26H22FNO5/c1-17(29)28-25(30)15-6-18-4-11-22(12-5-18)33-23-13-7-20(8-14-23)24(26(31)32)16-19-2-9-21(27)10-3-19/h2-5,7-14,16H,6,15H2,1H3,(H,31,32)(H,28,29,30). The van der Waals surface area contributed by atoms with E-state index in [1.807, 2.05) is 12.1 Å². The fraction of sp³-hybridized carbons (Fsp3) is 0.115. The highest BCUT2D eigenvalue weighted by atomic mass is 19.1. The molecule has 0 fully saturated rings. The third-order valence-corrected chi connectivity index (χ3v) is 4.69. The van der Waals surface area contributed by atoms with E-state index in [0.29, 0.717) is 29.0 Å². The van der Waals surface area contributed by atoms with Gasteiger partial charge in [0.25, 0.3) is 0 Å². The second-order valence-corrected chi connectivity index (χ2v) is 7.29. The van der Waals surface area contributed by atoms with Crippen LogP contribution in [0.3, 0.4) is 0 Å². The van der Waals surface area contributed by atoms with Crippen molar-refractivity contribution in [2.45, 2.75) is 19.8 Å². The molecule has 3 rings (SSSR count). The molecular weight excluding hydrogens is 425 g/mol. The molecule has 168 valence electrons. The fourth-order valence-electron chi connectivity index (χ4n) is 3.07. The third-order valence-electron chi connectivity index (χ3n) is 4.69. The number of amides is 2.